The Balaban J connectivity index is 1.79. The van der Waals surface area contributed by atoms with Gasteiger partial charge in [0.15, 0.2) is 0 Å². The number of benzene rings is 4. The molecular weight excluding hydrogens is 378 g/mol. The van der Waals surface area contributed by atoms with Gasteiger partial charge in [-0.05, 0) is 72.4 Å². The monoisotopic (exact) mass is 405 g/mol. The minimum absolute atomic E-state index is 0.357. The second kappa shape index (κ2) is 6.42. The number of hydrogen-bond donors (Lipinski definition) is 0. The highest BCUT2D eigenvalue weighted by Crippen LogP contribution is 2.40. The zero-order chi connectivity index (χ0) is 23.8. The second-order valence-corrected chi connectivity index (χ2v) is 8.38. The van der Waals surface area contributed by atoms with Crippen molar-refractivity contribution >= 4 is 43.6 Å². The van der Waals surface area contributed by atoms with Crippen molar-refractivity contribution in [1.29, 1.82) is 0 Å². The van der Waals surface area contributed by atoms with Gasteiger partial charge < -0.3 is 4.42 Å². The van der Waals surface area contributed by atoms with Crippen LogP contribution in [-0.2, 0) is 7.05 Å². The number of nitrogens with zero attached hydrogens (tertiary/aromatic N) is 1. The van der Waals surface area contributed by atoms with Gasteiger partial charge in [0.05, 0.1) is 5.56 Å². The Morgan fingerprint density at radius 2 is 1.58 bits per heavy atom. The van der Waals surface area contributed by atoms with Crippen LogP contribution in [0.5, 0.6) is 0 Å². The van der Waals surface area contributed by atoms with Gasteiger partial charge in [-0.15, -0.1) is 0 Å². The molecule has 6 aromatic rings. The summed E-state index contributed by atoms with van der Waals surface area (Å²) in [5, 5.41) is 5.12. The molecule has 0 bridgehead atoms. The van der Waals surface area contributed by atoms with E-state index in [0.717, 1.165) is 55.0 Å². The number of aromatic nitrogens is 1. The summed E-state index contributed by atoms with van der Waals surface area (Å²) in [6.45, 7) is 1.75. The van der Waals surface area contributed by atoms with Crippen molar-refractivity contribution in [3.05, 3.63) is 89.5 Å². The second-order valence-electron chi connectivity index (χ2n) is 8.38. The molecule has 2 heteroatoms. The smallest absolute Gasteiger partial charge is 0.216 e. The fourth-order valence-electron chi connectivity index (χ4n) is 4.83. The molecule has 2 nitrogen and oxygen atoms in total. The van der Waals surface area contributed by atoms with Crippen molar-refractivity contribution in [3.63, 3.8) is 0 Å². The van der Waals surface area contributed by atoms with Crippen LogP contribution in [-0.4, -0.2) is 0 Å². The molecule has 2 heterocycles. The molecule has 0 N–H and O–H groups in total. The normalized spacial score (nSPS) is 13.7. The highest BCUT2D eigenvalue weighted by molar-refractivity contribution is 6.13. The van der Waals surface area contributed by atoms with Crippen molar-refractivity contribution in [1.82, 2.24) is 0 Å². The summed E-state index contributed by atoms with van der Waals surface area (Å²) in [5.41, 5.74) is 6.60. The largest absolute Gasteiger partial charge is 0.455 e. The maximum atomic E-state index is 8.25. The first-order valence-corrected chi connectivity index (χ1v) is 10.5. The van der Waals surface area contributed by atoms with Gasteiger partial charge in [0.25, 0.3) is 0 Å². The number of fused-ring (bicyclic) bond motifs is 5. The molecule has 0 saturated heterocycles. The van der Waals surface area contributed by atoms with Crippen LogP contribution in [0.2, 0.25) is 0 Å². The highest BCUT2D eigenvalue weighted by atomic mass is 16.3. The molecule has 0 saturated carbocycles. The van der Waals surface area contributed by atoms with Crippen LogP contribution in [0.4, 0.5) is 0 Å². The molecule has 0 aliphatic heterocycles. The predicted molar refractivity (Wildman–Crippen MR) is 130 cm³/mol. The van der Waals surface area contributed by atoms with Gasteiger partial charge in [-0.2, -0.15) is 4.57 Å². The van der Waals surface area contributed by atoms with Gasteiger partial charge in [-0.3, -0.25) is 0 Å². The van der Waals surface area contributed by atoms with E-state index in [1.54, 1.807) is 6.07 Å². The number of furan rings is 1. The van der Waals surface area contributed by atoms with E-state index in [9.17, 15) is 0 Å². The maximum absolute atomic E-state index is 8.25. The Morgan fingerprint density at radius 3 is 2.39 bits per heavy atom. The first kappa shape index (κ1) is 15.2. The minimum Gasteiger partial charge on any atom is -0.455 e. The first-order valence-electron chi connectivity index (χ1n) is 12.0. The average Bonchev–Trinajstić information content (AvgIpc) is 3.14. The van der Waals surface area contributed by atoms with E-state index in [1.807, 2.05) is 32.2 Å². The number of aryl methyl sites for hydroxylation is 3. The lowest BCUT2D eigenvalue weighted by Gasteiger charge is -2.10. The van der Waals surface area contributed by atoms with Crippen molar-refractivity contribution in [3.8, 4) is 11.3 Å². The topological polar surface area (TPSA) is 17.0 Å². The molecule has 31 heavy (non-hydrogen) atoms. The van der Waals surface area contributed by atoms with E-state index in [-0.39, 0.29) is 0 Å². The van der Waals surface area contributed by atoms with Gasteiger partial charge in [0, 0.05) is 32.4 Å². The van der Waals surface area contributed by atoms with E-state index in [0.29, 0.717) is 5.56 Å². The van der Waals surface area contributed by atoms with Gasteiger partial charge in [-0.25, -0.2) is 0 Å². The van der Waals surface area contributed by atoms with E-state index in [4.69, 9.17) is 8.53 Å². The third-order valence-electron chi connectivity index (χ3n) is 6.58. The zero-order valence-electron chi connectivity index (χ0n) is 20.8. The summed E-state index contributed by atoms with van der Waals surface area (Å²) in [6, 6.07) is 24.5. The average molecular weight is 406 g/mol. The van der Waals surface area contributed by atoms with E-state index >= 15 is 0 Å². The zero-order valence-corrected chi connectivity index (χ0v) is 17.8. The number of rotatable bonds is 1. The summed E-state index contributed by atoms with van der Waals surface area (Å²) in [5.74, 6) is 0. The molecule has 6 rings (SSSR count). The molecule has 0 aliphatic rings. The van der Waals surface area contributed by atoms with Crippen LogP contribution in [0.25, 0.3) is 54.9 Å². The lowest BCUT2D eigenvalue weighted by atomic mass is 9.95. The fraction of sp³-hybridized carbons (Fsp3) is 0.138. The van der Waals surface area contributed by atoms with Gasteiger partial charge in [-0.1, -0.05) is 36.4 Å². The summed E-state index contributed by atoms with van der Waals surface area (Å²) in [6.07, 6.45) is 0. The van der Waals surface area contributed by atoms with Crippen LogP contribution in [0.3, 0.4) is 0 Å². The van der Waals surface area contributed by atoms with Crippen LogP contribution in [0, 0.1) is 20.7 Å². The molecule has 0 amide bonds. The third-order valence-corrected chi connectivity index (χ3v) is 6.58. The number of hydrogen-bond acceptors (Lipinski definition) is 1. The standard InChI is InChI=1S/C29H24NO/c1-17-8-7-11-25-22(17)12-13-26(30(25)4)28-19(3)18(2)14-24-23-15-20-9-5-6-10-21(20)16-27(23)31-29(24)28/h5-16H,1-4H3/q+1/i2D3. The lowest BCUT2D eigenvalue weighted by Crippen LogP contribution is -2.32. The molecule has 4 aromatic carbocycles. The Hall–Kier alpha value is -3.65. The summed E-state index contributed by atoms with van der Waals surface area (Å²) in [4.78, 5) is 0. The first-order chi connectivity index (χ1) is 16.2. The Bertz CT molecular complexity index is 1780. The molecule has 0 spiro atoms. The van der Waals surface area contributed by atoms with Crippen molar-refractivity contribution in [2.24, 2.45) is 7.05 Å². The minimum atomic E-state index is -2.24. The SMILES string of the molecule is [2H]C([2H])([2H])c1cc2c(oc3cc4ccccc4cc32)c(-c2ccc3c(C)cccc3[n+]2C)c1C. The molecular formula is C29H24NO+. The molecule has 2 aromatic heterocycles. The highest BCUT2D eigenvalue weighted by Gasteiger charge is 2.23. The molecule has 150 valence electrons. The van der Waals surface area contributed by atoms with E-state index < -0.39 is 6.85 Å². The van der Waals surface area contributed by atoms with Crippen LogP contribution >= 0.6 is 0 Å². The van der Waals surface area contributed by atoms with E-state index in [1.165, 1.54) is 10.9 Å². The van der Waals surface area contributed by atoms with E-state index in [2.05, 4.69) is 60.0 Å². The Morgan fingerprint density at radius 1 is 0.774 bits per heavy atom. The van der Waals surface area contributed by atoms with Crippen LogP contribution in [0.1, 0.15) is 20.8 Å². The molecule has 0 aliphatic carbocycles. The maximum Gasteiger partial charge on any atom is 0.216 e. The summed E-state index contributed by atoms with van der Waals surface area (Å²) >= 11 is 0. The van der Waals surface area contributed by atoms with Crippen molar-refractivity contribution in [2.75, 3.05) is 0 Å². The molecule has 0 atom stereocenters. The molecule has 0 radical (unpaired) electrons. The molecule has 0 unspecified atom stereocenters. The quantitative estimate of drug-likeness (QED) is 0.262. The van der Waals surface area contributed by atoms with Crippen LogP contribution in [0.15, 0.2) is 77.2 Å². The van der Waals surface area contributed by atoms with Crippen molar-refractivity contribution < 1.29 is 13.1 Å². The van der Waals surface area contributed by atoms with Crippen LogP contribution < -0.4 is 4.57 Å². The van der Waals surface area contributed by atoms with Gasteiger partial charge in [0.2, 0.25) is 11.2 Å². The van der Waals surface area contributed by atoms with Crippen molar-refractivity contribution in [2.45, 2.75) is 20.7 Å². The van der Waals surface area contributed by atoms with Gasteiger partial charge in [0.1, 0.15) is 18.2 Å². The lowest BCUT2D eigenvalue weighted by molar-refractivity contribution is -0.633. The predicted octanol–water partition coefficient (Wildman–Crippen LogP) is 7.31. The Labute approximate surface area is 185 Å². The summed E-state index contributed by atoms with van der Waals surface area (Å²) < 4.78 is 33.4. The molecule has 0 fully saturated rings. The number of pyridine rings is 1. The Kier molecular flexibility index (Phi) is 3.15. The summed E-state index contributed by atoms with van der Waals surface area (Å²) in [7, 11) is 2.03. The fourth-order valence-corrected chi connectivity index (χ4v) is 4.83. The van der Waals surface area contributed by atoms with Gasteiger partial charge >= 0.3 is 0 Å². The third kappa shape index (κ3) is 2.55.